The summed E-state index contributed by atoms with van der Waals surface area (Å²) in [6.45, 7) is 11.4. The fraction of sp³-hybridized carbons (Fsp3) is 0.944. The Morgan fingerprint density at radius 1 is 1.18 bits per heavy atom. The molecule has 4 heteroatoms. The summed E-state index contributed by atoms with van der Waals surface area (Å²) in [4.78, 5) is 17.1. The molecule has 0 aromatic rings. The van der Waals surface area contributed by atoms with Gasteiger partial charge >= 0.3 is 0 Å². The van der Waals surface area contributed by atoms with E-state index in [1.807, 2.05) is 0 Å². The van der Waals surface area contributed by atoms with Crippen LogP contribution in [0.5, 0.6) is 0 Å². The number of rotatable bonds is 7. The molecular weight excluding hydrogens is 276 g/mol. The Morgan fingerprint density at radius 2 is 1.86 bits per heavy atom. The molecule has 0 radical (unpaired) electrons. The molecule has 0 bridgehead atoms. The van der Waals surface area contributed by atoms with Crippen molar-refractivity contribution >= 4 is 5.91 Å². The molecule has 22 heavy (non-hydrogen) atoms. The van der Waals surface area contributed by atoms with Crippen LogP contribution in [-0.4, -0.2) is 61.6 Å². The summed E-state index contributed by atoms with van der Waals surface area (Å²) in [5.74, 6) is 1.41. The molecule has 2 rings (SSSR count). The summed E-state index contributed by atoms with van der Waals surface area (Å²) in [5.41, 5.74) is 0. The number of amides is 1. The number of carbonyl (C=O) groups excluding carboxylic acids is 1. The Hall–Kier alpha value is -0.610. The van der Waals surface area contributed by atoms with E-state index in [2.05, 4.69) is 23.6 Å². The minimum absolute atomic E-state index is 0.213. The summed E-state index contributed by atoms with van der Waals surface area (Å²) in [7, 11) is 0. The first-order valence-electron chi connectivity index (χ1n) is 9.29. The molecule has 0 saturated carbocycles. The number of nitrogens with zero attached hydrogens (tertiary/aromatic N) is 2. The van der Waals surface area contributed by atoms with Crippen LogP contribution >= 0.6 is 0 Å². The average molecular weight is 310 g/mol. The summed E-state index contributed by atoms with van der Waals surface area (Å²) in [6.07, 6.45) is 7.07. The van der Waals surface area contributed by atoms with Gasteiger partial charge in [0.1, 0.15) is 0 Å². The van der Waals surface area contributed by atoms with Crippen LogP contribution in [0.2, 0.25) is 0 Å². The standard InChI is InChI=1S/C18H34N2O2/c1-3-4-5-16(2)18(21)20-10-7-17(8-11-20)6-9-19-12-14-22-15-13-19/h16-17H,3-15H2,1-2H3/t16-/m0/s1. The Morgan fingerprint density at radius 3 is 2.50 bits per heavy atom. The molecule has 0 spiro atoms. The zero-order chi connectivity index (χ0) is 15.8. The van der Waals surface area contributed by atoms with Gasteiger partial charge in [0, 0.05) is 32.1 Å². The SMILES string of the molecule is CCCC[C@H](C)C(=O)N1CCC(CCN2CCOCC2)CC1. The van der Waals surface area contributed by atoms with Crippen molar-refractivity contribution in [2.45, 2.75) is 52.4 Å². The van der Waals surface area contributed by atoms with E-state index in [1.165, 1.54) is 38.6 Å². The van der Waals surface area contributed by atoms with Crippen molar-refractivity contribution in [3.8, 4) is 0 Å². The highest BCUT2D eigenvalue weighted by Crippen LogP contribution is 2.23. The second-order valence-electron chi connectivity index (χ2n) is 7.05. The van der Waals surface area contributed by atoms with Gasteiger partial charge in [-0.15, -0.1) is 0 Å². The predicted molar refractivity (Wildman–Crippen MR) is 89.9 cm³/mol. The summed E-state index contributed by atoms with van der Waals surface area (Å²) < 4.78 is 5.40. The number of ether oxygens (including phenoxy) is 1. The molecule has 2 saturated heterocycles. The number of morpholine rings is 1. The Labute approximate surface area is 136 Å². The molecule has 0 aromatic carbocycles. The fourth-order valence-electron chi connectivity index (χ4n) is 3.58. The van der Waals surface area contributed by atoms with Gasteiger partial charge in [0.15, 0.2) is 0 Å². The first-order valence-corrected chi connectivity index (χ1v) is 9.29. The van der Waals surface area contributed by atoms with Gasteiger partial charge in [0.05, 0.1) is 13.2 Å². The van der Waals surface area contributed by atoms with Gasteiger partial charge in [-0.3, -0.25) is 9.69 Å². The highest BCUT2D eigenvalue weighted by Gasteiger charge is 2.26. The quantitative estimate of drug-likeness (QED) is 0.725. The van der Waals surface area contributed by atoms with Crippen LogP contribution in [0.3, 0.4) is 0 Å². The van der Waals surface area contributed by atoms with E-state index in [0.29, 0.717) is 5.91 Å². The first-order chi connectivity index (χ1) is 10.7. The molecule has 0 aromatic heterocycles. The predicted octanol–water partition coefficient (Wildman–Crippen LogP) is 2.77. The van der Waals surface area contributed by atoms with Crippen LogP contribution in [-0.2, 0) is 9.53 Å². The normalized spacial score (nSPS) is 22.7. The molecule has 1 amide bonds. The maximum atomic E-state index is 12.4. The van der Waals surface area contributed by atoms with Gasteiger partial charge in [0.25, 0.3) is 0 Å². The average Bonchev–Trinajstić information content (AvgIpc) is 2.58. The second-order valence-corrected chi connectivity index (χ2v) is 7.05. The molecule has 1 atom stereocenters. The third kappa shape index (κ3) is 5.54. The monoisotopic (exact) mass is 310 g/mol. The van der Waals surface area contributed by atoms with Gasteiger partial charge in [0.2, 0.25) is 5.91 Å². The zero-order valence-corrected chi connectivity index (χ0v) is 14.6. The van der Waals surface area contributed by atoms with E-state index < -0.39 is 0 Å². The molecule has 2 heterocycles. The maximum Gasteiger partial charge on any atom is 0.225 e. The van der Waals surface area contributed by atoms with Gasteiger partial charge in [-0.1, -0.05) is 26.7 Å². The molecule has 2 aliphatic heterocycles. The van der Waals surface area contributed by atoms with E-state index >= 15 is 0 Å². The summed E-state index contributed by atoms with van der Waals surface area (Å²) in [6, 6.07) is 0. The number of hydrogen-bond donors (Lipinski definition) is 0. The highest BCUT2D eigenvalue weighted by atomic mass is 16.5. The number of hydrogen-bond acceptors (Lipinski definition) is 3. The molecular formula is C18H34N2O2. The fourth-order valence-corrected chi connectivity index (χ4v) is 3.58. The lowest BCUT2D eigenvalue weighted by Crippen LogP contribution is -2.42. The van der Waals surface area contributed by atoms with Crippen molar-refractivity contribution in [1.82, 2.24) is 9.80 Å². The molecule has 128 valence electrons. The van der Waals surface area contributed by atoms with Crippen molar-refractivity contribution in [3.05, 3.63) is 0 Å². The minimum Gasteiger partial charge on any atom is -0.379 e. The zero-order valence-electron chi connectivity index (χ0n) is 14.6. The summed E-state index contributed by atoms with van der Waals surface area (Å²) >= 11 is 0. The second kappa shape index (κ2) is 9.51. The molecule has 4 nitrogen and oxygen atoms in total. The molecule has 0 N–H and O–H groups in total. The number of carbonyl (C=O) groups is 1. The Kier molecular flexibility index (Phi) is 7.67. The largest absolute Gasteiger partial charge is 0.379 e. The van der Waals surface area contributed by atoms with Crippen molar-refractivity contribution in [1.29, 1.82) is 0 Å². The molecule has 0 unspecified atom stereocenters. The van der Waals surface area contributed by atoms with Crippen LogP contribution < -0.4 is 0 Å². The topological polar surface area (TPSA) is 32.8 Å². The van der Waals surface area contributed by atoms with Crippen molar-refractivity contribution in [3.63, 3.8) is 0 Å². The van der Waals surface area contributed by atoms with Crippen molar-refractivity contribution in [2.75, 3.05) is 45.9 Å². The lowest BCUT2D eigenvalue weighted by atomic mass is 9.92. The first kappa shape index (κ1) is 17.7. The smallest absolute Gasteiger partial charge is 0.225 e. The van der Waals surface area contributed by atoms with Gasteiger partial charge in [-0.05, 0) is 38.1 Å². The minimum atomic E-state index is 0.213. The van der Waals surface area contributed by atoms with E-state index in [0.717, 1.165) is 51.7 Å². The number of likely N-dealkylation sites (tertiary alicyclic amines) is 1. The van der Waals surface area contributed by atoms with Gasteiger partial charge < -0.3 is 9.64 Å². The van der Waals surface area contributed by atoms with E-state index in [-0.39, 0.29) is 5.92 Å². The number of piperidine rings is 1. The van der Waals surface area contributed by atoms with Crippen LogP contribution in [0.1, 0.15) is 52.4 Å². The third-order valence-electron chi connectivity index (χ3n) is 5.30. The van der Waals surface area contributed by atoms with Crippen LogP contribution in [0.25, 0.3) is 0 Å². The molecule has 2 fully saturated rings. The van der Waals surface area contributed by atoms with Crippen LogP contribution in [0.4, 0.5) is 0 Å². The molecule has 2 aliphatic rings. The van der Waals surface area contributed by atoms with Crippen LogP contribution in [0.15, 0.2) is 0 Å². The number of unbranched alkanes of at least 4 members (excludes halogenated alkanes) is 1. The van der Waals surface area contributed by atoms with E-state index in [4.69, 9.17) is 4.74 Å². The van der Waals surface area contributed by atoms with Gasteiger partial charge in [-0.25, -0.2) is 0 Å². The maximum absolute atomic E-state index is 12.4. The Balaban J connectivity index is 1.63. The lowest BCUT2D eigenvalue weighted by molar-refractivity contribution is -0.136. The third-order valence-corrected chi connectivity index (χ3v) is 5.30. The molecule has 0 aliphatic carbocycles. The van der Waals surface area contributed by atoms with E-state index in [1.54, 1.807) is 0 Å². The van der Waals surface area contributed by atoms with Crippen molar-refractivity contribution in [2.24, 2.45) is 11.8 Å². The highest BCUT2D eigenvalue weighted by molar-refractivity contribution is 5.78. The van der Waals surface area contributed by atoms with Crippen LogP contribution in [0, 0.1) is 11.8 Å². The van der Waals surface area contributed by atoms with Gasteiger partial charge in [-0.2, -0.15) is 0 Å². The Bertz CT molecular complexity index is 321. The lowest BCUT2D eigenvalue weighted by Gasteiger charge is -2.35. The summed E-state index contributed by atoms with van der Waals surface area (Å²) in [5, 5.41) is 0. The van der Waals surface area contributed by atoms with Crippen molar-refractivity contribution < 1.29 is 9.53 Å². The van der Waals surface area contributed by atoms with E-state index in [9.17, 15) is 4.79 Å².